The predicted molar refractivity (Wildman–Crippen MR) is 115 cm³/mol. The number of esters is 1. The van der Waals surface area contributed by atoms with E-state index in [1.807, 2.05) is 46.7 Å². The number of pyridine rings is 1. The van der Waals surface area contributed by atoms with Crippen molar-refractivity contribution >= 4 is 34.1 Å². The molecule has 6 heteroatoms. The van der Waals surface area contributed by atoms with E-state index in [4.69, 9.17) is 4.74 Å². The van der Waals surface area contributed by atoms with E-state index in [-0.39, 0.29) is 12.5 Å². The first kappa shape index (κ1) is 19.6. The van der Waals surface area contributed by atoms with Crippen LogP contribution in [-0.4, -0.2) is 41.5 Å². The molecule has 1 aromatic carbocycles. The molecule has 0 radical (unpaired) electrons. The Balaban J connectivity index is 1.54. The number of ether oxygens (including phenoxy) is 1. The van der Waals surface area contributed by atoms with Crippen LogP contribution in [0.2, 0.25) is 0 Å². The Morgan fingerprint density at radius 3 is 2.62 bits per heavy atom. The SMILES string of the molecule is CC1CC(C)CN(C(=O)COC(=O)c2cc(-c3cccs3)nc3ccccc23)C1. The highest BCUT2D eigenvalue weighted by atomic mass is 32.1. The molecule has 29 heavy (non-hydrogen) atoms. The molecule has 4 rings (SSSR count). The lowest BCUT2D eigenvalue weighted by Gasteiger charge is -2.34. The minimum atomic E-state index is -0.493. The van der Waals surface area contributed by atoms with Crippen molar-refractivity contribution < 1.29 is 14.3 Å². The van der Waals surface area contributed by atoms with Gasteiger partial charge in [0.05, 0.1) is 21.7 Å². The van der Waals surface area contributed by atoms with E-state index >= 15 is 0 Å². The number of benzene rings is 1. The second-order valence-corrected chi connectivity index (χ2v) is 8.82. The Bertz CT molecular complexity index is 1020. The molecule has 0 N–H and O–H groups in total. The molecule has 1 saturated heterocycles. The lowest BCUT2D eigenvalue weighted by molar-refractivity contribution is -0.137. The molecule has 5 nitrogen and oxygen atoms in total. The number of aromatic nitrogens is 1. The summed E-state index contributed by atoms with van der Waals surface area (Å²) in [5, 5.41) is 2.70. The van der Waals surface area contributed by atoms with Crippen LogP contribution in [0.4, 0.5) is 0 Å². The van der Waals surface area contributed by atoms with Gasteiger partial charge in [0.2, 0.25) is 0 Å². The minimum Gasteiger partial charge on any atom is -0.452 e. The highest BCUT2D eigenvalue weighted by molar-refractivity contribution is 7.13. The van der Waals surface area contributed by atoms with Gasteiger partial charge in [0.15, 0.2) is 6.61 Å². The van der Waals surface area contributed by atoms with Crippen molar-refractivity contribution in [3.8, 4) is 10.6 Å². The maximum atomic E-state index is 12.9. The van der Waals surface area contributed by atoms with Gasteiger partial charge in [0.25, 0.3) is 5.91 Å². The molecule has 3 aromatic rings. The van der Waals surface area contributed by atoms with E-state index in [1.54, 1.807) is 17.4 Å². The summed E-state index contributed by atoms with van der Waals surface area (Å²) in [6.45, 7) is 5.51. The molecule has 2 aromatic heterocycles. The number of piperidine rings is 1. The highest BCUT2D eigenvalue weighted by Crippen LogP contribution is 2.28. The Kier molecular flexibility index (Phi) is 5.62. The number of para-hydroxylation sites is 1. The molecule has 2 atom stereocenters. The molecule has 1 fully saturated rings. The van der Waals surface area contributed by atoms with Crippen LogP contribution < -0.4 is 0 Å². The number of nitrogens with zero attached hydrogens (tertiary/aromatic N) is 2. The molecule has 0 spiro atoms. The van der Waals surface area contributed by atoms with E-state index in [0.717, 1.165) is 41.0 Å². The molecular weight excluding hydrogens is 384 g/mol. The summed E-state index contributed by atoms with van der Waals surface area (Å²) < 4.78 is 5.44. The maximum Gasteiger partial charge on any atom is 0.339 e. The quantitative estimate of drug-likeness (QED) is 0.591. The molecule has 1 aliphatic rings. The fourth-order valence-electron chi connectivity index (χ4n) is 4.06. The van der Waals surface area contributed by atoms with Crippen molar-refractivity contribution in [3.05, 3.63) is 53.4 Å². The van der Waals surface area contributed by atoms with Crippen LogP contribution in [0.15, 0.2) is 47.8 Å². The van der Waals surface area contributed by atoms with Crippen LogP contribution >= 0.6 is 11.3 Å². The average molecular weight is 409 g/mol. The zero-order valence-corrected chi connectivity index (χ0v) is 17.4. The molecule has 1 amide bonds. The number of likely N-dealkylation sites (tertiary alicyclic amines) is 1. The van der Waals surface area contributed by atoms with Crippen molar-refractivity contribution in [1.82, 2.24) is 9.88 Å². The Morgan fingerprint density at radius 2 is 1.90 bits per heavy atom. The largest absolute Gasteiger partial charge is 0.452 e. The number of thiophene rings is 1. The zero-order chi connectivity index (χ0) is 20.4. The van der Waals surface area contributed by atoms with Gasteiger partial charge in [0, 0.05) is 18.5 Å². The predicted octanol–water partition coefficient (Wildman–Crippen LogP) is 4.62. The van der Waals surface area contributed by atoms with Crippen molar-refractivity contribution in [2.24, 2.45) is 11.8 Å². The lowest BCUT2D eigenvalue weighted by Crippen LogP contribution is -2.44. The van der Waals surface area contributed by atoms with Gasteiger partial charge in [-0.3, -0.25) is 4.79 Å². The fraction of sp³-hybridized carbons (Fsp3) is 0.348. The van der Waals surface area contributed by atoms with Gasteiger partial charge in [-0.05, 0) is 41.8 Å². The van der Waals surface area contributed by atoms with E-state index in [0.29, 0.717) is 17.4 Å². The Hall–Kier alpha value is -2.73. The topological polar surface area (TPSA) is 59.5 Å². The third kappa shape index (κ3) is 4.32. The number of rotatable bonds is 4. The molecule has 1 aliphatic heterocycles. The second-order valence-electron chi connectivity index (χ2n) is 7.87. The summed E-state index contributed by atoms with van der Waals surface area (Å²) in [5.74, 6) is 0.313. The summed E-state index contributed by atoms with van der Waals surface area (Å²) in [4.78, 5) is 32.9. The standard InChI is InChI=1S/C23H24N2O3S/c1-15-10-16(2)13-25(12-15)22(26)14-28-23(27)18-11-20(21-8-5-9-29-21)24-19-7-4-3-6-17(18)19/h3-9,11,15-16H,10,12-14H2,1-2H3. The molecule has 150 valence electrons. The minimum absolute atomic E-state index is 0.131. The van der Waals surface area contributed by atoms with Gasteiger partial charge in [-0.15, -0.1) is 11.3 Å². The van der Waals surface area contributed by atoms with Crippen LogP contribution in [0.3, 0.4) is 0 Å². The lowest BCUT2D eigenvalue weighted by atomic mass is 9.92. The van der Waals surface area contributed by atoms with Gasteiger partial charge >= 0.3 is 5.97 Å². The van der Waals surface area contributed by atoms with Crippen LogP contribution in [0.25, 0.3) is 21.5 Å². The summed E-state index contributed by atoms with van der Waals surface area (Å²) in [6, 6.07) is 13.2. The van der Waals surface area contributed by atoms with Gasteiger partial charge in [-0.2, -0.15) is 0 Å². The molecule has 0 aliphatic carbocycles. The monoisotopic (exact) mass is 408 g/mol. The first-order valence-corrected chi connectivity index (χ1v) is 10.8. The number of carbonyl (C=O) groups excluding carboxylic acids is 2. The number of fused-ring (bicyclic) bond motifs is 1. The Labute approximate surface area is 174 Å². The average Bonchev–Trinajstić information content (AvgIpc) is 3.25. The number of hydrogen-bond acceptors (Lipinski definition) is 5. The highest BCUT2D eigenvalue weighted by Gasteiger charge is 2.26. The molecule has 2 unspecified atom stereocenters. The number of hydrogen-bond donors (Lipinski definition) is 0. The summed E-state index contributed by atoms with van der Waals surface area (Å²) in [6.07, 6.45) is 1.12. The fourth-order valence-corrected chi connectivity index (χ4v) is 4.74. The van der Waals surface area contributed by atoms with Gasteiger partial charge in [-0.25, -0.2) is 9.78 Å². The third-order valence-corrected chi connectivity index (χ3v) is 6.15. The van der Waals surface area contributed by atoms with Gasteiger partial charge in [0.1, 0.15) is 0 Å². The van der Waals surface area contributed by atoms with Crippen molar-refractivity contribution in [2.45, 2.75) is 20.3 Å². The van der Waals surface area contributed by atoms with E-state index in [2.05, 4.69) is 18.8 Å². The number of amides is 1. The first-order valence-electron chi connectivity index (χ1n) is 9.90. The normalized spacial score (nSPS) is 19.3. The zero-order valence-electron chi connectivity index (χ0n) is 16.6. The Morgan fingerprint density at radius 1 is 1.14 bits per heavy atom. The van der Waals surface area contributed by atoms with Crippen LogP contribution in [-0.2, 0) is 9.53 Å². The molecule has 0 saturated carbocycles. The maximum absolute atomic E-state index is 12.9. The summed E-state index contributed by atoms with van der Waals surface area (Å²) in [7, 11) is 0. The molecular formula is C23H24N2O3S. The van der Waals surface area contributed by atoms with Crippen molar-refractivity contribution in [1.29, 1.82) is 0 Å². The molecule has 0 bridgehead atoms. The van der Waals surface area contributed by atoms with Crippen LogP contribution in [0.1, 0.15) is 30.6 Å². The summed E-state index contributed by atoms with van der Waals surface area (Å²) in [5.41, 5.74) is 1.90. The summed E-state index contributed by atoms with van der Waals surface area (Å²) >= 11 is 1.57. The van der Waals surface area contributed by atoms with E-state index in [9.17, 15) is 9.59 Å². The van der Waals surface area contributed by atoms with Crippen molar-refractivity contribution in [2.75, 3.05) is 19.7 Å². The number of carbonyl (C=O) groups is 2. The first-order chi connectivity index (χ1) is 14.0. The van der Waals surface area contributed by atoms with E-state index < -0.39 is 5.97 Å². The smallest absolute Gasteiger partial charge is 0.339 e. The second kappa shape index (κ2) is 8.33. The van der Waals surface area contributed by atoms with Gasteiger partial charge < -0.3 is 9.64 Å². The van der Waals surface area contributed by atoms with E-state index in [1.165, 1.54) is 0 Å². The third-order valence-electron chi connectivity index (χ3n) is 5.26. The van der Waals surface area contributed by atoms with Gasteiger partial charge in [-0.1, -0.05) is 38.1 Å². The van der Waals surface area contributed by atoms with Crippen molar-refractivity contribution in [3.63, 3.8) is 0 Å². The molecule has 3 heterocycles. The van der Waals surface area contributed by atoms with Crippen LogP contribution in [0.5, 0.6) is 0 Å². The van der Waals surface area contributed by atoms with Crippen LogP contribution in [0, 0.1) is 11.8 Å².